The minimum absolute atomic E-state index is 0.267. The Morgan fingerprint density at radius 1 is 1.50 bits per heavy atom. The van der Waals surface area contributed by atoms with Gasteiger partial charge in [-0.15, -0.1) is 0 Å². The maximum atomic E-state index is 12.7. The van der Waals surface area contributed by atoms with E-state index >= 15 is 0 Å². The van der Waals surface area contributed by atoms with Gasteiger partial charge in [0.05, 0.1) is 6.10 Å². The molecule has 1 atom stereocenters. The molecule has 1 rings (SSSR count). The molecule has 1 unspecified atom stereocenters. The fourth-order valence-electron chi connectivity index (χ4n) is 1.04. The molecule has 0 aliphatic heterocycles. The van der Waals surface area contributed by atoms with E-state index in [9.17, 15) is 4.39 Å². The molecule has 0 radical (unpaired) electrons. The second kappa shape index (κ2) is 3.54. The zero-order valence-corrected chi connectivity index (χ0v) is 6.79. The summed E-state index contributed by atoms with van der Waals surface area (Å²) in [5.74, 6) is -1.01. The van der Waals surface area contributed by atoms with Gasteiger partial charge in [0.15, 0.2) is 11.6 Å². The summed E-state index contributed by atoms with van der Waals surface area (Å²) in [7, 11) is 0. The van der Waals surface area contributed by atoms with Crippen molar-refractivity contribution in [2.75, 3.05) is 0 Å². The Bertz CT molecular complexity index is 271. The third-order valence-electron chi connectivity index (χ3n) is 1.59. The average Bonchev–Trinajstić information content (AvgIpc) is 1.98. The maximum Gasteiger partial charge on any atom is 0.165 e. The van der Waals surface area contributed by atoms with Crippen LogP contribution in [0.1, 0.15) is 12.5 Å². The lowest BCUT2D eigenvalue weighted by atomic mass is 10.1. The fraction of sp³-hybridized carbons (Fsp3) is 0.333. The molecule has 12 heavy (non-hydrogen) atoms. The van der Waals surface area contributed by atoms with Gasteiger partial charge in [-0.05, 0) is 18.6 Å². The van der Waals surface area contributed by atoms with E-state index in [-0.39, 0.29) is 12.2 Å². The number of phenolic OH excluding ortho intramolecular Hbond substituents is 1. The molecule has 1 aromatic rings. The predicted octanol–water partition coefficient (Wildman–Crippen LogP) is 1.45. The lowest BCUT2D eigenvalue weighted by molar-refractivity contribution is 0.194. The quantitative estimate of drug-likeness (QED) is 0.705. The van der Waals surface area contributed by atoms with Crippen molar-refractivity contribution in [3.63, 3.8) is 0 Å². The van der Waals surface area contributed by atoms with E-state index in [1.165, 1.54) is 12.1 Å². The van der Waals surface area contributed by atoms with Crippen molar-refractivity contribution in [1.29, 1.82) is 0 Å². The van der Waals surface area contributed by atoms with Gasteiger partial charge in [-0.3, -0.25) is 0 Å². The van der Waals surface area contributed by atoms with Crippen LogP contribution in [0.4, 0.5) is 4.39 Å². The second-order valence-corrected chi connectivity index (χ2v) is 2.80. The third-order valence-corrected chi connectivity index (χ3v) is 1.59. The first-order valence-corrected chi connectivity index (χ1v) is 3.75. The Kier molecular flexibility index (Phi) is 2.65. The Morgan fingerprint density at radius 2 is 2.17 bits per heavy atom. The molecule has 1 aromatic carbocycles. The van der Waals surface area contributed by atoms with E-state index in [0.717, 1.165) is 0 Å². The summed E-state index contributed by atoms with van der Waals surface area (Å²) in [6.45, 7) is 1.59. The molecule has 0 aliphatic carbocycles. The van der Waals surface area contributed by atoms with Crippen LogP contribution in [0.5, 0.6) is 5.75 Å². The smallest absolute Gasteiger partial charge is 0.165 e. The first-order chi connectivity index (χ1) is 5.61. The molecular formula is C9H11FO2. The minimum Gasteiger partial charge on any atom is -0.505 e. The van der Waals surface area contributed by atoms with Crippen LogP contribution in [0, 0.1) is 5.82 Å². The molecule has 0 amide bonds. The van der Waals surface area contributed by atoms with Crippen molar-refractivity contribution in [3.8, 4) is 5.75 Å². The Morgan fingerprint density at radius 3 is 2.75 bits per heavy atom. The molecule has 0 aromatic heterocycles. The van der Waals surface area contributed by atoms with Crippen LogP contribution in [0.25, 0.3) is 0 Å². The van der Waals surface area contributed by atoms with Gasteiger partial charge in [-0.2, -0.15) is 0 Å². The van der Waals surface area contributed by atoms with Gasteiger partial charge in [0.25, 0.3) is 0 Å². The van der Waals surface area contributed by atoms with Gasteiger partial charge >= 0.3 is 0 Å². The summed E-state index contributed by atoms with van der Waals surface area (Å²) in [5, 5.41) is 18.1. The summed E-state index contributed by atoms with van der Waals surface area (Å²) in [5.41, 5.74) is 0.435. The highest BCUT2D eigenvalue weighted by Gasteiger charge is 2.07. The summed E-state index contributed by atoms with van der Waals surface area (Å²) >= 11 is 0. The molecule has 0 heterocycles. The van der Waals surface area contributed by atoms with Gasteiger partial charge < -0.3 is 10.2 Å². The van der Waals surface area contributed by atoms with Crippen molar-refractivity contribution >= 4 is 0 Å². The number of hydrogen-bond donors (Lipinski definition) is 2. The lowest BCUT2D eigenvalue weighted by Crippen LogP contribution is -2.04. The van der Waals surface area contributed by atoms with Gasteiger partial charge in [-0.1, -0.05) is 12.1 Å². The van der Waals surface area contributed by atoms with Gasteiger partial charge in [-0.25, -0.2) is 4.39 Å². The zero-order valence-electron chi connectivity index (χ0n) is 6.79. The number of aliphatic hydroxyl groups is 1. The molecule has 0 saturated heterocycles. The van der Waals surface area contributed by atoms with E-state index in [1.54, 1.807) is 13.0 Å². The number of phenols is 1. The number of rotatable bonds is 2. The lowest BCUT2D eigenvalue weighted by Gasteiger charge is -2.06. The largest absolute Gasteiger partial charge is 0.505 e. The summed E-state index contributed by atoms with van der Waals surface area (Å²) < 4.78 is 12.7. The van der Waals surface area contributed by atoms with E-state index < -0.39 is 11.9 Å². The normalized spacial score (nSPS) is 12.9. The van der Waals surface area contributed by atoms with E-state index in [0.29, 0.717) is 5.56 Å². The molecule has 2 nitrogen and oxygen atoms in total. The third kappa shape index (κ3) is 1.95. The van der Waals surface area contributed by atoms with Crippen LogP contribution in [0.15, 0.2) is 18.2 Å². The molecule has 0 fully saturated rings. The molecule has 2 N–H and O–H groups in total. The van der Waals surface area contributed by atoms with Crippen LogP contribution in [-0.4, -0.2) is 16.3 Å². The van der Waals surface area contributed by atoms with Crippen LogP contribution in [0.3, 0.4) is 0 Å². The van der Waals surface area contributed by atoms with Crippen molar-refractivity contribution < 1.29 is 14.6 Å². The molecule has 0 spiro atoms. The van der Waals surface area contributed by atoms with Crippen LogP contribution < -0.4 is 0 Å². The number of halogens is 1. The van der Waals surface area contributed by atoms with Crippen molar-refractivity contribution in [3.05, 3.63) is 29.6 Å². The van der Waals surface area contributed by atoms with Gasteiger partial charge in [0.1, 0.15) is 0 Å². The Hall–Kier alpha value is -1.09. The van der Waals surface area contributed by atoms with Crippen LogP contribution in [0.2, 0.25) is 0 Å². The number of hydrogen-bond acceptors (Lipinski definition) is 2. The number of para-hydroxylation sites is 1. The molecular weight excluding hydrogens is 159 g/mol. The highest BCUT2D eigenvalue weighted by Crippen LogP contribution is 2.21. The van der Waals surface area contributed by atoms with Crippen LogP contribution in [-0.2, 0) is 6.42 Å². The number of benzene rings is 1. The van der Waals surface area contributed by atoms with Crippen molar-refractivity contribution in [2.24, 2.45) is 0 Å². The minimum atomic E-state index is -0.645. The SMILES string of the molecule is CC(O)Cc1cccc(F)c1O. The van der Waals surface area contributed by atoms with Gasteiger partial charge in [0, 0.05) is 6.42 Å². The predicted molar refractivity (Wildman–Crippen MR) is 43.4 cm³/mol. The maximum absolute atomic E-state index is 12.7. The fourth-order valence-corrected chi connectivity index (χ4v) is 1.04. The summed E-state index contributed by atoms with van der Waals surface area (Å²) in [6, 6.07) is 4.28. The Balaban J connectivity index is 2.92. The topological polar surface area (TPSA) is 40.5 Å². The molecule has 0 bridgehead atoms. The van der Waals surface area contributed by atoms with E-state index in [2.05, 4.69) is 0 Å². The highest BCUT2D eigenvalue weighted by atomic mass is 19.1. The first-order valence-electron chi connectivity index (χ1n) is 3.75. The monoisotopic (exact) mass is 170 g/mol. The van der Waals surface area contributed by atoms with Crippen LogP contribution >= 0.6 is 0 Å². The van der Waals surface area contributed by atoms with Crippen molar-refractivity contribution in [2.45, 2.75) is 19.4 Å². The standard InChI is InChI=1S/C9H11FO2/c1-6(11)5-7-3-2-4-8(10)9(7)12/h2-4,6,11-12H,5H2,1H3. The zero-order chi connectivity index (χ0) is 9.14. The summed E-state index contributed by atoms with van der Waals surface area (Å²) in [6.07, 6.45) is -0.304. The number of aromatic hydroxyl groups is 1. The average molecular weight is 170 g/mol. The molecule has 3 heteroatoms. The molecule has 0 aliphatic rings. The molecule has 0 saturated carbocycles. The van der Waals surface area contributed by atoms with Crippen molar-refractivity contribution in [1.82, 2.24) is 0 Å². The number of aliphatic hydroxyl groups excluding tert-OH is 1. The van der Waals surface area contributed by atoms with E-state index in [1.807, 2.05) is 0 Å². The first kappa shape index (κ1) is 9.00. The Labute approximate surface area is 70.3 Å². The highest BCUT2D eigenvalue weighted by molar-refractivity contribution is 5.33. The molecule has 66 valence electrons. The van der Waals surface area contributed by atoms with E-state index in [4.69, 9.17) is 10.2 Å². The van der Waals surface area contributed by atoms with Gasteiger partial charge in [0.2, 0.25) is 0 Å². The second-order valence-electron chi connectivity index (χ2n) is 2.80. The summed E-state index contributed by atoms with van der Waals surface area (Å²) in [4.78, 5) is 0.